The summed E-state index contributed by atoms with van der Waals surface area (Å²) in [6.45, 7) is 12.8. The second-order valence-corrected chi connectivity index (χ2v) is 19.9. The largest absolute Gasteiger partial charge is 0.360 e. The molecular formula is C23H35BrFN3O3SSi. The predicted octanol–water partition coefficient (Wildman–Crippen LogP) is 5.93. The second-order valence-electron chi connectivity index (χ2n) is 11.0. The monoisotopic (exact) mass is 559 g/mol. The SMILES string of the molecule is CC(C)(C)S(=O)(=O)NC(c1cn(COCC[Si](C)(C)C)nc1-c1cc(F)ccc1Br)C1CC1. The van der Waals surface area contributed by atoms with Crippen LogP contribution in [0.25, 0.3) is 11.3 Å². The van der Waals surface area contributed by atoms with Crippen molar-refractivity contribution in [1.29, 1.82) is 0 Å². The Kier molecular flexibility index (Phi) is 7.95. The van der Waals surface area contributed by atoms with Crippen LogP contribution >= 0.6 is 15.9 Å². The predicted molar refractivity (Wildman–Crippen MR) is 137 cm³/mol. The van der Waals surface area contributed by atoms with E-state index in [1.165, 1.54) is 12.1 Å². The maximum atomic E-state index is 14.1. The van der Waals surface area contributed by atoms with E-state index in [1.807, 2.05) is 6.20 Å². The average Bonchev–Trinajstić information content (AvgIpc) is 3.43. The van der Waals surface area contributed by atoms with Gasteiger partial charge in [-0.3, -0.25) is 0 Å². The molecule has 33 heavy (non-hydrogen) atoms. The number of rotatable bonds is 10. The second kappa shape index (κ2) is 9.89. The molecule has 3 rings (SSSR count). The van der Waals surface area contributed by atoms with Gasteiger partial charge in [0.25, 0.3) is 0 Å². The first-order valence-corrected chi connectivity index (χ1v) is 17.3. The van der Waals surface area contributed by atoms with E-state index in [2.05, 4.69) is 40.3 Å². The maximum Gasteiger partial charge on any atom is 0.217 e. The fraction of sp³-hybridized carbons (Fsp3) is 0.609. The minimum Gasteiger partial charge on any atom is -0.360 e. The molecule has 1 aromatic carbocycles. The zero-order valence-corrected chi connectivity index (χ0v) is 23.7. The molecule has 1 aliphatic rings. The van der Waals surface area contributed by atoms with Gasteiger partial charge in [0, 0.05) is 36.5 Å². The number of halogens is 2. The summed E-state index contributed by atoms with van der Waals surface area (Å²) >= 11 is 3.51. The quantitative estimate of drug-likeness (QED) is 0.289. The van der Waals surface area contributed by atoms with Gasteiger partial charge in [-0.1, -0.05) is 35.6 Å². The van der Waals surface area contributed by atoms with Crippen LogP contribution in [0.2, 0.25) is 25.7 Å². The minimum absolute atomic E-state index is 0.179. The van der Waals surface area contributed by atoms with Gasteiger partial charge in [-0.25, -0.2) is 22.2 Å². The van der Waals surface area contributed by atoms with Gasteiger partial charge >= 0.3 is 0 Å². The number of ether oxygens (including phenoxy) is 1. The van der Waals surface area contributed by atoms with Crippen LogP contribution in [0.4, 0.5) is 4.39 Å². The van der Waals surface area contributed by atoms with Crippen molar-refractivity contribution in [2.24, 2.45) is 5.92 Å². The number of hydrogen-bond donors (Lipinski definition) is 1. The first-order valence-electron chi connectivity index (χ1n) is 11.3. The van der Waals surface area contributed by atoms with Gasteiger partial charge in [-0.2, -0.15) is 5.10 Å². The fourth-order valence-electron chi connectivity index (χ4n) is 3.34. The highest BCUT2D eigenvalue weighted by Crippen LogP contribution is 2.45. The zero-order valence-electron chi connectivity index (χ0n) is 20.3. The Labute approximate surface area is 206 Å². The van der Waals surface area contributed by atoms with Gasteiger partial charge in [0.1, 0.15) is 12.5 Å². The lowest BCUT2D eigenvalue weighted by molar-refractivity contribution is 0.0786. The van der Waals surface area contributed by atoms with Crippen LogP contribution in [0.1, 0.15) is 45.2 Å². The van der Waals surface area contributed by atoms with Crippen LogP contribution < -0.4 is 4.72 Å². The molecule has 0 radical (unpaired) electrons. The van der Waals surface area contributed by atoms with Crippen molar-refractivity contribution >= 4 is 34.0 Å². The van der Waals surface area contributed by atoms with E-state index < -0.39 is 28.9 Å². The highest BCUT2D eigenvalue weighted by molar-refractivity contribution is 9.10. The first kappa shape index (κ1) is 26.5. The van der Waals surface area contributed by atoms with Gasteiger partial charge < -0.3 is 4.74 Å². The molecule has 1 aromatic heterocycles. The third-order valence-electron chi connectivity index (χ3n) is 5.71. The fourth-order valence-corrected chi connectivity index (χ4v) is 5.54. The molecule has 1 saturated carbocycles. The van der Waals surface area contributed by atoms with E-state index in [0.29, 0.717) is 22.3 Å². The Bertz CT molecular complexity index is 1090. The molecule has 1 atom stereocenters. The van der Waals surface area contributed by atoms with Gasteiger partial charge in [0.05, 0.1) is 16.5 Å². The smallest absolute Gasteiger partial charge is 0.217 e. The van der Waals surface area contributed by atoms with Crippen molar-refractivity contribution in [2.45, 2.75) is 76.8 Å². The number of sulfonamides is 1. The summed E-state index contributed by atoms with van der Waals surface area (Å²) in [5.41, 5.74) is 1.89. The summed E-state index contributed by atoms with van der Waals surface area (Å²) < 4.78 is 50.4. The summed E-state index contributed by atoms with van der Waals surface area (Å²) in [6, 6.07) is 5.05. The average molecular weight is 561 g/mol. The zero-order chi connectivity index (χ0) is 24.6. The lowest BCUT2D eigenvalue weighted by atomic mass is 10.00. The Morgan fingerprint density at radius 3 is 2.55 bits per heavy atom. The molecular weight excluding hydrogens is 525 g/mol. The topological polar surface area (TPSA) is 73.2 Å². The third-order valence-corrected chi connectivity index (χ3v) is 10.3. The molecule has 1 fully saturated rings. The van der Waals surface area contributed by atoms with Crippen LogP contribution in [0.15, 0.2) is 28.9 Å². The molecule has 0 spiro atoms. The normalized spacial score (nSPS) is 16.2. The van der Waals surface area contributed by atoms with Crippen molar-refractivity contribution in [3.8, 4) is 11.3 Å². The molecule has 1 heterocycles. The van der Waals surface area contributed by atoms with E-state index in [-0.39, 0.29) is 18.5 Å². The lowest BCUT2D eigenvalue weighted by Gasteiger charge is -2.25. The summed E-state index contributed by atoms with van der Waals surface area (Å²) in [5.74, 6) is -0.197. The van der Waals surface area contributed by atoms with Crippen LogP contribution in [0, 0.1) is 11.7 Å². The summed E-state index contributed by atoms with van der Waals surface area (Å²) in [4.78, 5) is 0. The Hall–Kier alpha value is -1.07. The number of nitrogens with zero attached hydrogens (tertiary/aromatic N) is 2. The first-order chi connectivity index (χ1) is 15.2. The molecule has 6 nitrogen and oxygen atoms in total. The number of benzene rings is 1. The van der Waals surface area contributed by atoms with E-state index >= 15 is 0 Å². The molecule has 0 bridgehead atoms. The standard InChI is InChI=1S/C23H35BrFN3O3SSi/c1-23(2,3)32(29,30)27-21(16-7-8-16)19-14-28(15-31-11-12-33(4,5)6)26-22(19)18-13-17(25)9-10-20(18)24/h9-10,13-14,16,21,27H,7-8,11-12,15H2,1-6H3. The number of aromatic nitrogens is 2. The lowest BCUT2D eigenvalue weighted by Crippen LogP contribution is -2.41. The summed E-state index contributed by atoms with van der Waals surface area (Å²) in [6.07, 6.45) is 3.70. The van der Waals surface area contributed by atoms with Crippen LogP contribution in [-0.4, -0.2) is 37.6 Å². The van der Waals surface area contributed by atoms with Gasteiger partial charge in [-0.15, -0.1) is 0 Å². The Morgan fingerprint density at radius 2 is 1.97 bits per heavy atom. The van der Waals surface area contributed by atoms with E-state index in [1.54, 1.807) is 31.5 Å². The van der Waals surface area contributed by atoms with Crippen molar-refractivity contribution in [3.05, 3.63) is 40.2 Å². The maximum absolute atomic E-state index is 14.1. The highest BCUT2D eigenvalue weighted by Gasteiger charge is 2.41. The Balaban J connectivity index is 1.98. The molecule has 1 aliphatic carbocycles. The molecule has 2 aromatic rings. The molecule has 1 unspecified atom stereocenters. The third kappa shape index (κ3) is 6.97. The van der Waals surface area contributed by atoms with E-state index in [4.69, 9.17) is 9.84 Å². The highest BCUT2D eigenvalue weighted by atomic mass is 79.9. The van der Waals surface area contributed by atoms with Crippen LogP contribution in [0.3, 0.4) is 0 Å². The van der Waals surface area contributed by atoms with Gasteiger partial charge in [0.2, 0.25) is 10.0 Å². The Morgan fingerprint density at radius 1 is 1.30 bits per heavy atom. The molecule has 184 valence electrons. The molecule has 1 N–H and O–H groups in total. The van der Waals surface area contributed by atoms with Crippen LogP contribution in [-0.2, 0) is 21.5 Å². The molecule has 0 aliphatic heterocycles. The number of nitrogens with one attached hydrogen (secondary N) is 1. The number of hydrogen-bond acceptors (Lipinski definition) is 4. The van der Waals surface area contributed by atoms with E-state index in [0.717, 1.165) is 24.4 Å². The van der Waals surface area contributed by atoms with Crippen molar-refractivity contribution in [3.63, 3.8) is 0 Å². The van der Waals surface area contributed by atoms with Crippen molar-refractivity contribution < 1.29 is 17.5 Å². The van der Waals surface area contributed by atoms with Gasteiger partial charge in [0.15, 0.2) is 0 Å². The van der Waals surface area contributed by atoms with E-state index in [9.17, 15) is 12.8 Å². The summed E-state index contributed by atoms with van der Waals surface area (Å²) in [5, 5.41) is 4.71. The summed E-state index contributed by atoms with van der Waals surface area (Å²) in [7, 11) is -4.81. The molecule has 0 saturated heterocycles. The van der Waals surface area contributed by atoms with Crippen molar-refractivity contribution in [2.75, 3.05) is 6.61 Å². The molecule has 0 amide bonds. The minimum atomic E-state index is -3.59. The van der Waals surface area contributed by atoms with Gasteiger partial charge in [-0.05, 0) is 63.8 Å². The van der Waals surface area contributed by atoms with Crippen LogP contribution in [0.5, 0.6) is 0 Å². The molecule has 10 heteroatoms. The van der Waals surface area contributed by atoms with Crippen molar-refractivity contribution in [1.82, 2.24) is 14.5 Å².